The molecular formula is C24H38IN7O. The molecule has 0 spiro atoms. The highest BCUT2D eigenvalue weighted by Gasteiger charge is 2.22. The molecule has 1 aromatic heterocycles. The number of aliphatic imine (C=N–C) groups is 1. The van der Waals surface area contributed by atoms with Crippen molar-refractivity contribution in [2.45, 2.75) is 77.4 Å². The average Bonchev–Trinajstić information content (AvgIpc) is 3.21. The van der Waals surface area contributed by atoms with Gasteiger partial charge in [-0.2, -0.15) is 5.10 Å². The van der Waals surface area contributed by atoms with Gasteiger partial charge in [0, 0.05) is 45.8 Å². The van der Waals surface area contributed by atoms with Gasteiger partial charge < -0.3 is 15.4 Å². The quantitative estimate of drug-likeness (QED) is 0.304. The zero-order valence-electron chi connectivity index (χ0n) is 20.1. The third-order valence-corrected chi connectivity index (χ3v) is 6.55. The largest absolute Gasteiger partial charge is 0.377 e. The Morgan fingerprint density at radius 1 is 1.18 bits per heavy atom. The lowest BCUT2D eigenvalue weighted by Crippen LogP contribution is -2.46. The fraction of sp³-hybridized carbons (Fsp3) is 0.625. The molecule has 2 aliphatic heterocycles. The monoisotopic (exact) mass is 567 g/mol. The molecule has 0 radical (unpaired) electrons. The fourth-order valence-corrected chi connectivity index (χ4v) is 4.63. The van der Waals surface area contributed by atoms with Crippen LogP contribution in [0.4, 0.5) is 0 Å². The number of guanidine groups is 1. The summed E-state index contributed by atoms with van der Waals surface area (Å²) in [6, 6.07) is 9.95. The van der Waals surface area contributed by atoms with E-state index in [9.17, 15) is 0 Å². The molecule has 0 aliphatic carbocycles. The van der Waals surface area contributed by atoms with Crippen LogP contribution < -0.4 is 10.6 Å². The molecule has 9 heteroatoms. The second-order valence-corrected chi connectivity index (χ2v) is 9.00. The Balaban J connectivity index is 0.00000306. The first-order valence-electron chi connectivity index (χ1n) is 11.8. The smallest absolute Gasteiger partial charge is 0.191 e. The molecule has 1 aromatic carbocycles. The van der Waals surface area contributed by atoms with Crippen LogP contribution in [0, 0.1) is 0 Å². The van der Waals surface area contributed by atoms with E-state index < -0.39 is 0 Å². The van der Waals surface area contributed by atoms with E-state index in [2.05, 4.69) is 61.8 Å². The second-order valence-electron chi connectivity index (χ2n) is 9.00. The van der Waals surface area contributed by atoms with E-state index in [4.69, 9.17) is 4.74 Å². The van der Waals surface area contributed by atoms with Crippen molar-refractivity contribution >= 4 is 29.9 Å². The van der Waals surface area contributed by atoms with Crippen molar-refractivity contribution in [1.29, 1.82) is 0 Å². The molecule has 2 unspecified atom stereocenters. The maximum absolute atomic E-state index is 5.15. The summed E-state index contributed by atoms with van der Waals surface area (Å²) in [4.78, 5) is 11.6. The van der Waals surface area contributed by atoms with Crippen molar-refractivity contribution in [2.24, 2.45) is 4.99 Å². The van der Waals surface area contributed by atoms with Crippen molar-refractivity contribution in [3.05, 3.63) is 47.0 Å². The molecule has 3 heterocycles. The maximum atomic E-state index is 5.15. The van der Waals surface area contributed by atoms with Crippen LogP contribution in [0.25, 0.3) is 0 Å². The number of methoxy groups -OCH3 is 1. The van der Waals surface area contributed by atoms with Crippen molar-refractivity contribution < 1.29 is 4.74 Å². The van der Waals surface area contributed by atoms with Gasteiger partial charge in [0.1, 0.15) is 12.4 Å². The van der Waals surface area contributed by atoms with E-state index in [-0.39, 0.29) is 30.0 Å². The van der Waals surface area contributed by atoms with Gasteiger partial charge in [-0.05, 0) is 43.9 Å². The summed E-state index contributed by atoms with van der Waals surface area (Å²) in [5.41, 5.74) is 2.65. The lowest BCUT2D eigenvalue weighted by atomic mass is 10.0. The Hall–Kier alpha value is -1.72. The van der Waals surface area contributed by atoms with Gasteiger partial charge in [0.2, 0.25) is 0 Å². The summed E-state index contributed by atoms with van der Waals surface area (Å²) in [5, 5.41) is 11.5. The summed E-state index contributed by atoms with van der Waals surface area (Å²) in [7, 11) is 3.49. The maximum Gasteiger partial charge on any atom is 0.191 e. The number of rotatable bonds is 7. The number of piperidine rings is 1. The van der Waals surface area contributed by atoms with Gasteiger partial charge >= 0.3 is 0 Å². The Labute approximate surface area is 214 Å². The Kier molecular flexibility index (Phi) is 9.94. The number of aryl methyl sites for hydroxylation is 1. The van der Waals surface area contributed by atoms with Crippen LogP contribution in [-0.4, -0.2) is 58.4 Å². The minimum absolute atomic E-state index is 0. The van der Waals surface area contributed by atoms with Crippen LogP contribution in [0.1, 0.15) is 55.4 Å². The topological polar surface area (TPSA) is 79.6 Å². The highest BCUT2D eigenvalue weighted by Crippen LogP contribution is 2.19. The zero-order valence-corrected chi connectivity index (χ0v) is 22.4. The minimum Gasteiger partial charge on any atom is -0.377 e. The first-order chi connectivity index (χ1) is 15.6. The van der Waals surface area contributed by atoms with Crippen LogP contribution in [-0.2, 0) is 37.4 Å². The summed E-state index contributed by atoms with van der Waals surface area (Å²) >= 11 is 0. The molecule has 33 heavy (non-hydrogen) atoms. The molecule has 4 rings (SSSR count). The van der Waals surface area contributed by atoms with E-state index in [1.165, 1.54) is 36.9 Å². The zero-order chi connectivity index (χ0) is 22.3. The van der Waals surface area contributed by atoms with Crippen molar-refractivity contribution in [3.63, 3.8) is 0 Å². The summed E-state index contributed by atoms with van der Waals surface area (Å²) in [6.45, 7) is 6.62. The first-order valence-corrected chi connectivity index (χ1v) is 11.8. The number of benzene rings is 1. The predicted molar refractivity (Wildman–Crippen MR) is 142 cm³/mol. The number of hydrogen-bond acceptors (Lipinski definition) is 5. The van der Waals surface area contributed by atoms with Crippen molar-refractivity contribution in [3.8, 4) is 0 Å². The van der Waals surface area contributed by atoms with E-state index >= 15 is 0 Å². The standard InChI is InChI=1S/C24H37N7O.HI/c1-18-6-4-5-13-30(18)15-20-9-7-19(8-10-20)14-26-24(25-2)27-21-11-12-23-28-22(17-32-3)29-31(23)16-21;/h7-10,18,21H,4-6,11-17H2,1-3H3,(H2,25,26,27);1H. The van der Waals surface area contributed by atoms with Crippen molar-refractivity contribution in [2.75, 3.05) is 20.7 Å². The number of nitrogens with one attached hydrogen (secondary N) is 2. The molecule has 182 valence electrons. The highest BCUT2D eigenvalue weighted by atomic mass is 127. The Bertz CT molecular complexity index is 899. The fourth-order valence-electron chi connectivity index (χ4n) is 4.63. The molecular weight excluding hydrogens is 529 g/mol. The third-order valence-electron chi connectivity index (χ3n) is 6.55. The summed E-state index contributed by atoms with van der Waals surface area (Å²) in [5.74, 6) is 2.61. The van der Waals surface area contributed by atoms with E-state index in [1.807, 2.05) is 11.7 Å². The van der Waals surface area contributed by atoms with Crippen molar-refractivity contribution in [1.82, 2.24) is 30.3 Å². The summed E-state index contributed by atoms with van der Waals surface area (Å²) in [6.07, 6.45) is 5.93. The highest BCUT2D eigenvalue weighted by molar-refractivity contribution is 14.0. The molecule has 1 fully saturated rings. The van der Waals surface area contributed by atoms with E-state index in [0.717, 1.165) is 50.1 Å². The third kappa shape index (κ3) is 7.13. The van der Waals surface area contributed by atoms with Crippen LogP contribution in [0.5, 0.6) is 0 Å². The number of likely N-dealkylation sites (tertiary alicyclic amines) is 1. The average molecular weight is 568 g/mol. The minimum atomic E-state index is 0. The molecule has 0 amide bonds. The van der Waals surface area contributed by atoms with Crippen LogP contribution in [0.2, 0.25) is 0 Å². The van der Waals surface area contributed by atoms with Gasteiger partial charge in [-0.3, -0.25) is 9.89 Å². The summed E-state index contributed by atoms with van der Waals surface area (Å²) < 4.78 is 7.14. The molecule has 1 saturated heterocycles. The molecule has 0 bridgehead atoms. The number of halogens is 1. The van der Waals surface area contributed by atoms with Gasteiger partial charge in [-0.1, -0.05) is 30.7 Å². The van der Waals surface area contributed by atoms with Gasteiger partial charge in [0.25, 0.3) is 0 Å². The number of fused-ring (bicyclic) bond motifs is 1. The SMILES string of the molecule is CN=C(NCc1ccc(CN2CCCCC2C)cc1)NC1CCc2nc(COC)nn2C1.I. The number of hydrogen-bond donors (Lipinski definition) is 2. The molecule has 0 saturated carbocycles. The molecule has 2 atom stereocenters. The molecule has 2 aromatic rings. The van der Waals surface area contributed by atoms with E-state index in [0.29, 0.717) is 12.6 Å². The number of aromatic nitrogens is 3. The van der Waals surface area contributed by atoms with Gasteiger partial charge in [-0.25, -0.2) is 9.67 Å². The first kappa shape index (κ1) is 25.9. The normalized spacial score (nSPS) is 21.2. The molecule has 2 N–H and O–H groups in total. The Morgan fingerprint density at radius 2 is 1.97 bits per heavy atom. The second kappa shape index (κ2) is 12.7. The lowest BCUT2D eigenvalue weighted by molar-refractivity contribution is 0.152. The molecule has 2 aliphatic rings. The lowest BCUT2D eigenvalue weighted by Gasteiger charge is -2.33. The predicted octanol–water partition coefficient (Wildman–Crippen LogP) is 3.10. The van der Waals surface area contributed by atoms with E-state index in [1.54, 1.807) is 7.11 Å². The molecule has 8 nitrogen and oxygen atoms in total. The Morgan fingerprint density at radius 3 is 2.70 bits per heavy atom. The van der Waals surface area contributed by atoms with Gasteiger partial charge in [0.15, 0.2) is 11.8 Å². The van der Waals surface area contributed by atoms with Crippen LogP contribution >= 0.6 is 24.0 Å². The van der Waals surface area contributed by atoms with Gasteiger partial charge in [0.05, 0.1) is 6.54 Å². The van der Waals surface area contributed by atoms with Crippen LogP contribution in [0.15, 0.2) is 29.3 Å². The van der Waals surface area contributed by atoms with Gasteiger partial charge in [-0.15, -0.1) is 24.0 Å². The number of ether oxygens (including phenoxy) is 1. The van der Waals surface area contributed by atoms with Crippen LogP contribution in [0.3, 0.4) is 0 Å². The number of nitrogens with zero attached hydrogens (tertiary/aromatic N) is 5.